The fourth-order valence-corrected chi connectivity index (χ4v) is 0.586. The summed E-state index contributed by atoms with van der Waals surface area (Å²) in [7, 11) is 0. The number of carbonyl (C=O) groups is 2. The maximum Gasteiger partial charge on any atom is 0.238 e. The zero-order chi connectivity index (χ0) is 10.6. The van der Waals surface area contributed by atoms with Crippen LogP contribution in [0, 0.1) is 12.3 Å². The molecule has 4 heteroatoms. The molecule has 0 aliphatic carbocycles. The van der Waals surface area contributed by atoms with Gasteiger partial charge in [0.05, 0.1) is 6.04 Å². The molecule has 4 nitrogen and oxygen atoms in total. The van der Waals surface area contributed by atoms with Crippen molar-refractivity contribution in [3.8, 4) is 12.3 Å². The fraction of sp³-hybridized carbons (Fsp3) is 0.556. The summed E-state index contributed by atoms with van der Waals surface area (Å²) in [5, 5.41) is 2.39. The molecule has 0 unspecified atom stereocenters. The molecule has 1 amide bonds. The molecule has 0 rings (SSSR count). The molecular weight excluding hydrogens is 168 g/mol. The lowest BCUT2D eigenvalue weighted by Gasteiger charge is -2.22. The van der Waals surface area contributed by atoms with Crippen LogP contribution in [0.3, 0.4) is 0 Å². The Hall–Kier alpha value is -1.34. The predicted octanol–water partition coefficient (Wildman–Crippen LogP) is -0.569. The van der Waals surface area contributed by atoms with Crippen LogP contribution in [0.4, 0.5) is 0 Å². The first kappa shape index (κ1) is 11.7. The molecule has 0 aliphatic rings. The van der Waals surface area contributed by atoms with Crippen LogP contribution in [-0.4, -0.2) is 23.3 Å². The highest BCUT2D eigenvalue weighted by atomic mass is 16.2. The highest BCUT2D eigenvalue weighted by molar-refractivity contribution is 5.95. The van der Waals surface area contributed by atoms with E-state index < -0.39 is 17.5 Å². The highest BCUT2D eigenvalue weighted by Crippen LogP contribution is 2.03. The highest BCUT2D eigenvalue weighted by Gasteiger charge is 2.29. The predicted molar refractivity (Wildman–Crippen MR) is 49.7 cm³/mol. The third-order valence-electron chi connectivity index (χ3n) is 1.78. The smallest absolute Gasteiger partial charge is 0.238 e. The molecule has 0 aromatic heterocycles. The van der Waals surface area contributed by atoms with Crippen LogP contribution in [0.25, 0.3) is 0 Å². The topological polar surface area (TPSA) is 72.2 Å². The van der Waals surface area contributed by atoms with E-state index in [1.165, 1.54) is 20.8 Å². The maximum atomic E-state index is 11.1. The van der Waals surface area contributed by atoms with Crippen LogP contribution in [0.2, 0.25) is 0 Å². The lowest BCUT2D eigenvalue weighted by atomic mass is 9.98. The maximum absolute atomic E-state index is 11.1. The first-order valence-electron chi connectivity index (χ1n) is 3.90. The summed E-state index contributed by atoms with van der Waals surface area (Å²) in [4.78, 5) is 22.2. The molecule has 0 saturated carbocycles. The largest absolute Gasteiger partial charge is 0.332 e. The lowest BCUT2D eigenvalue weighted by molar-refractivity contribution is -0.129. The average molecular weight is 182 g/mol. The van der Waals surface area contributed by atoms with Crippen molar-refractivity contribution in [2.45, 2.75) is 32.4 Å². The number of terminal acetylenes is 1. The summed E-state index contributed by atoms with van der Waals surface area (Å²) in [6.07, 6.45) is 5.13. The molecule has 0 fully saturated rings. The zero-order valence-corrected chi connectivity index (χ0v) is 8.05. The molecule has 2 atom stereocenters. The summed E-state index contributed by atoms with van der Waals surface area (Å²) >= 11 is 0. The fourth-order valence-electron chi connectivity index (χ4n) is 0.586. The van der Waals surface area contributed by atoms with Crippen LogP contribution in [0.5, 0.6) is 0 Å². The quantitative estimate of drug-likeness (QED) is 0.574. The Bertz CT molecular complexity index is 265. The van der Waals surface area contributed by atoms with Crippen molar-refractivity contribution in [2.75, 3.05) is 0 Å². The van der Waals surface area contributed by atoms with Crippen LogP contribution in [0.15, 0.2) is 0 Å². The number of nitrogens with two attached hydrogens (primary N) is 1. The summed E-state index contributed by atoms with van der Waals surface area (Å²) in [6.45, 7) is 4.31. The van der Waals surface area contributed by atoms with E-state index in [2.05, 4.69) is 11.2 Å². The van der Waals surface area contributed by atoms with Gasteiger partial charge in [-0.05, 0) is 20.8 Å². The number of carbonyl (C=O) groups excluding carboxylic acids is 2. The summed E-state index contributed by atoms with van der Waals surface area (Å²) in [6, 6.07) is -0.674. The third kappa shape index (κ3) is 2.88. The third-order valence-corrected chi connectivity index (χ3v) is 1.78. The zero-order valence-electron chi connectivity index (χ0n) is 8.05. The summed E-state index contributed by atoms with van der Waals surface area (Å²) < 4.78 is 0. The lowest BCUT2D eigenvalue weighted by Crippen LogP contribution is -2.54. The van der Waals surface area contributed by atoms with E-state index in [1.807, 2.05) is 0 Å². The van der Waals surface area contributed by atoms with Crippen LogP contribution in [0.1, 0.15) is 20.8 Å². The van der Waals surface area contributed by atoms with Gasteiger partial charge in [0, 0.05) is 0 Å². The number of nitrogens with one attached hydrogen (secondary N) is 1. The van der Waals surface area contributed by atoms with Crippen molar-refractivity contribution in [1.29, 1.82) is 0 Å². The van der Waals surface area contributed by atoms with Crippen LogP contribution < -0.4 is 11.1 Å². The average Bonchev–Trinajstić information content (AvgIpc) is 2.03. The van der Waals surface area contributed by atoms with E-state index in [9.17, 15) is 9.59 Å². The number of hydrogen-bond acceptors (Lipinski definition) is 3. The van der Waals surface area contributed by atoms with Crippen molar-refractivity contribution in [3.05, 3.63) is 0 Å². The van der Waals surface area contributed by atoms with E-state index in [0.29, 0.717) is 0 Å². The van der Waals surface area contributed by atoms with Crippen molar-refractivity contribution >= 4 is 11.7 Å². The van der Waals surface area contributed by atoms with Gasteiger partial charge in [0.1, 0.15) is 0 Å². The van der Waals surface area contributed by atoms with Gasteiger partial charge in [-0.15, -0.1) is 6.42 Å². The molecule has 72 valence electrons. The Morgan fingerprint density at radius 1 is 1.62 bits per heavy atom. The number of Topliss-reactive ketones (excluding diaryl/α,β-unsaturated/α-hetero) is 1. The molecule has 0 aromatic rings. The minimum atomic E-state index is -1.25. The molecule has 0 heterocycles. The van der Waals surface area contributed by atoms with Gasteiger partial charge in [-0.1, -0.05) is 5.92 Å². The minimum Gasteiger partial charge on any atom is -0.332 e. The Kier molecular flexibility index (Phi) is 3.64. The number of rotatable bonds is 3. The SMILES string of the molecule is C#C[C@@](C)(NC(=O)[C@H](C)N)C(C)=O. The molecule has 0 aliphatic heterocycles. The van der Waals surface area contributed by atoms with E-state index in [1.54, 1.807) is 0 Å². The number of ketones is 1. The first-order chi connectivity index (χ1) is 5.83. The van der Waals surface area contributed by atoms with Crippen LogP contribution >= 0.6 is 0 Å². The van der Waals surface area contributed by atoms with Gasteiger partial charge in [-0.3, -0.25) is 9.59 Å². The van der Waals surface area contributed by atoms with Gasteiger partial charge < -0.3 is 11.1 Å². The summed E-state index contributed by atoms with van der Waals surface area (Å²) in [5.74, 6) is 1.50. The second-order valence-corrected chi connectivity index (χ2v) is 3.10. The van der Waals surface area contributed by atoms with Crippen molar-refractivity contribution in [1.82, 2.24) is 5.32 Å². The Morgan fingerprint density at radius 3 is 2.31 bits per heavy atom. The van der Waals surface area contributed by atoms with Gasteiger partial charge >= 0.3 is 0 Å². The van der Waals surface area contributed by atoms with E-state index in [0.717, 1.165) is 0 Å². The second-order valence-electron chi connectivity index (χ2n) is 3.10. The molecule has 0 saturated heterocycles. The molecular formula is C9H14N2O2. The molecule has 0 spiro atoms. The molecule has 0 radical (unpaired) electrons. The van der Waals surface area contributed by atoms with Gasteiger partial charge in [0.25, 0.3) is 0 Å². The molecule has 0 aromatic carbocycles. The standard InChI is InChI=1S/C9H14N2O2/c1-5-9(4,7(3)12)11-8(13)6(2)10/h1,6H,10H2,2-4H3,(H,11,13)/t6-,9+/m0/s1. The van der Waals surface area contributed by atoms with E-state index >= 15 is 0 Å². The van der Waals surface area contributed by atoms with Gasteiger partial charge in [0.15, 0.2) is 11.3 Å². The monoisotopic (exact) mass is 182 g/mol. The normalized spacial score (nSPS) is 16.5. The van der Waals surface area contributed by atoms with E-state index in [-0.39, 0.29) is 5.78 Å². The van der Waals surface area contributed by atoms with Crippen LogP contribution in [-0.2, 0) is 9.59 Å². The van der Waals surface area contributed by atoms with E-state index in [4.69, 9.17) is 12.2 Å². The van der Waals surface area contributed by atoms with Gasteiger partial charge in [0.2, 0.25) is 5.91 Å². The minimum absolute atomic E-state index is 0.288. The Labute approximate surface area is 77.9 Å². The number of hydrogen-bond donors (Lipinski definition) is 2. The van der Waals surface area contributed by atoms with Crippen molar-refractivity contribution < 1.29 is 9.59 Å². The first-order valence-corrected chi connectivity index (χ1v) is 3.90. The molecule has 0 bridgehead atoms. The Morgan fingerprint density at radius 2 is 2.08 bits per heavy atom. The molecule has 3 N–H and O–H groups in total. The molecule has 13 heavy (non-hydrogen) atoms. The van der Waals surface area contributed by atoms with Gasteiger partial charge in [-0.25, -0.2) is 0 Å². The second kappa shape index (κ2) is 4.06. The van der Waals surface area contributed by atoms with Gasteiger partial charge in [-0.2, -0.15) is 0 Å². The van der Waals surface area contributed by atoms with Crippen molar-refractivity contribution in [3.63, 3.8) is 0 Å². The number of amides is 1. The summed E-state index contributed by atoms with van der Waals surface area (Å²) in [5.41, 5.74) is 4.06. The Balaban J connectivity index is 4.58. The van der Waals surface area contributed by atoms with Crippen molar-refractivity contribution in [2.24, 2.45) is 5.73 Å².